The third-order valence-electron chi connectivity index (χ3n) is 6.70. The number of carbonyl (C=O) groups is 1. The number of benzene rings is 2. The molecule has 2 aliphatic heterocycles. The van der Waals surface area contributed by atoms with Crippen LogP contribution in [0.1, 0.15) is 18.9 Å². The number of piperazine rings is 1. The SMILES string of the molecule is C[C@H](C(=O)N1CCN(c2ccc(S(=O)(=O)N=C(N)/C=C\C=N)cc2)CC1)N1CCCc2cc(Cl)ccc21. The predicted octanol–water partition coefficient (Wildman–Crippen LogP) is 3.08. The fourth-order valence-electron chi connectivity index (χ4n) is 4.78. The first kappa shape index (κ1) is 26.7. The van der Waals surface area contributed by atoms with Crippen LogP contribution in [0.25, 0.3) is 0 Å². The van der Waals surface area contributed by atoms with Crippen LogP contribution in [0.4, 0.5) is 11.4 Å². The molecule has 0 saturated carbocycles. The van der Waals surface area contributed by atoms with Crippen molar-refractivity contribution in [2.45, 2.75) is 30.7 Å². The van der Waals surface area contributed by atoms with Crippen LogP contribution in [0.3, 0.4) is 0 Å². The van der Waals surface area contributed by atoms with E-state index in [1.807, 2.05) is 30.0 Å². The number of nitrogens with zero attached hydrogens (tertiary/aromatic N) is 4. The molecule has 9 nitrogen and oxygen atoms in total. The van der Waals surface area contributed by atoms with Crippen molar-refractivity contribution in [2.75, 3.05) is 42.5 Å². The molecule has 37 heavy (non-hydrogen) atoms. The van der Waals surface area contributed by atoms with Gasteiger partial charge in [0.25, 0.3) is 10.0 Å². The molecule has 196 valence electrons. The Labute approximate surface area is 222 Å². The van der Waals surface area contributed by atoms with Crippen molar-refractivity contribution < 1.29 is 13.2 Å². The average molecular weight is 543 g/mol. The number of carbonyl (C=O) groups excluding carboxylic acids is 1. The summed E-state index contributed by atoms with van der Waals surface area (Å²) in [5, 5.41) is 7.66. The number of halogens is 1. The number of amides is 1. The topological polar surface area (TPSA) is 123 Å². The summed E-state index contributed by atoms with van der Waals surface area (Å²) in [7, 11) is -3.95. The Hall–Kier alpha value is -3.37. The summed E-state index contributed by atoms with van der Waals surface area (Å²) in [4.78, 5) is 19.6. The van der Waals surface area contributed by atoms with Crippen LogP contribution < -0.4 is 15.5 Å². The number of rotatable bonds is 7. The third-order valence-corrected chi connectivity index (χ3v) is 8.26. The molecule has 2 aliphatic rings. The molecule has 0 radical (unpaired) electrons. The van der Waals surface area contributed by atoms with Gasteiger partial charge in [-0.05, 0) is 79.9 Å². The molecular formula is C26H31ClN6O3S. The minimum Gasteiger partial charge on any atom is -0.383 e. The highest BCUT2D eigenvalue weighted by Crippen LogP contribution is 2.31. The molecule has 0 spiro atoms. The van der Waals surface area contributed by atoms with Crippen molar-refractivity contribution in [3.63, 3.8) is 0 Å². The van der Waals surface area contributed by atoms with Gasteiger partial charge in [-0.15, -0.1) is 4.40 Å². The monoisotopic (exact) mass is 542 g/mol. The molecule has 3 N–H and O–H groups in total. The second kappa shape index (κ2) is 11.4. The minimum atomic E-state index is -3.95. The number of fused-ring (bicyclic) bond motifs is 1. The van der Waals surface area contributed by atoms with E-state index in [1.54, 1.807) is 12.1 Å². The normalized spacial score (nSPS) is 17.6. The molecule has 0 bridgehead atoms. The zero-order chi connectivity index (χ0) is 26.6. The van der Waals surface area contributed by atoms with Gasteiger partial charge in [-0.1, -0.05) is 11.6 Å². The predicted molar refractivity (Wildman–Crippen MR) is 149 cm³/mol. The maximum Gasteiger partial charge on any atom is 0.284 e. The summed E-state index contributed by atoms with van der Waals surface area (Å²) < 4.78 is 28.5. The molecule has 2 heterocycles. The van der Waals surface area contributed by atoms with E-state index in [-0.39, 0.29) is 22.7 Å². The highest BCUT2D eigenvalue weighted by Gasteiger charge is 2.31. The van der Waals surface area contributed by atoms with Gasteiger partial charge in [0.15, 0.2) is 0 Å². The maximum atomic E-state index is 13.4. The van der Waals surface area contributed by atoms with Gasteiger partial charge in [-0.2, -0.15) is 8.42 Å². The quantitative estimate of drug-likeness (QED) is 0.409. The van der Waals surface area contributed by atoms with Crippen molar-refractivity contribution in [2.24, 2.45) is 10.1 Å². The third kappa shape index (κ3) is 6.14. The van der Waals surface area contributed by atoms with E-state index in [2.05, 4.69) is 14.2 Å². The van der Waals surface area contributed by atoms with Crippen LogP contribution in [0, 0.1) is 5.41 Å². The highest BCUT2D eigenvalue weighted by atomic mass is 35.5. The van der Waals surface area contributed by atoms with E-state index >= 15 is 0 Å². The summed E-state index contributed by atoms with van der Waals surface area (Å²) in [6.45, 7) is 5.28. The summed E-state index contributed by atoms with van der Waals surface area (Å²) in [5.74, 6) is -0.0872. The molecule has 1 amide bonds. The Balaban J connectivity index is 1.37. The number of aryl methyl sites for hydroxylation is 1. The fraction of sp³-hybridized carbons (Fsp3) is 0.346. The highest BCUT2D eigenvalue weighted by molar-refractivity contribution is 7.90. The molecule has 2 aromatic carbocycles. The Morgan fingerprint density at radius 3 is 2.49 bits per heavy atom. The first-order valence-electron chi connectivity index (χ1n) is 12.2. The number of allylic oxidation sites excluding steroid dienone is 1. The van der Waals surface area contributed by atoms with Gasteiger partial charge in [0, 0.05) is 55.3 Å². The van der Waals surface area contributed by atoms with Gasteiger partial charge >= 0.3 is 0 Å². The average Bonchev–Trinajstić information content (AvgIpc) is 2.90. The van der Waals surface area contributed by atoms with Crippen molar-refractivity contribution in [3.8, 4) is 0 Å². The van der Waals surface area contributed by atoms with Gasteiger partial charge < -0.3 is 25.8 Å². The van der Waals surface area contributed by atoms with E-state index in [1.165, 1.54) is 29.8 Å². The number of sulfonamides is 1. The van der Waals surface area contributed by atoms with Gasteiger partial charge in [-0.3, -0.25) is 4.79 Å². The Bertz CT molecular complexity index is 1320. The second-order valence-corrected chi connectivity index (χ2v) is 11.1. The van der Waals surface area contributed by atoms with E-state index in [0.717, 1.165) is 42.0 Å². The van der Waals surface area contributed by atoms with Crippen molar-refractivity contribution in [1.29, 1.82) is 5.41 Å². The lowest BCUT2D eigenvalue weighted by molar-refractivity contribution is -0.132. The summed E-state index contributed by atoms with van der Waals surface area (Å²) in [6.07, 6.45) is 5.49. The lowest BCUT2D eigenvalue weighted by Gasteiger charge is -2.41. The molecule has 0 unspecified atom stereocenters. The molecule has 1 saturated heterocycles. The Morgan fingerprint density at radius 1 is 1.11 bits per heavy atom. The molecule has 1 atom stereocenters. The standard InChI is InChI=1S/C26H31ClN6O3S/c1-19(33-13-3-4-20-18-21(27)6-11-24(20)33)26(34)32-16-14-31(15-17-32)22-7-9-23(10-8-22)37(35,36)30-25(29)5-2-12-28/h2,5-12,18-19,28H,3-4,13-17H2,1H3,(H2,29,30)/b5-2-,28-12?/t19-/m1/s1. The molecule has 0 aliphatic carbocycles. The Morgan fingerprint density at radius 2 is 1.81 bits per heavy atom. The van der Waals surface area contributed by atoms with E-state index in [4.69, 9.17) is 22.7 Å². The van der Waals surface area contributed by atoms with Gasteiger partial charge in [0.05, 0.1) is 4.90 Å². The van der Waals surface area contributed by atoms with Crippen molar-refractivity contribution in [1.82, 2.24) is 4.90 Å². The zero-order valence-electron chi connectivity index (χ0n) is 20.7. The molecule has 11 heteroatoms. The van der Waals surface area contributed by atoms with Crippen LogP contribution in [-0.4, -0.2) is 70.0 Å². The first-order chi connectivity index (χ1) is 17.7. The second-order valence-electron chi connectivity index (χ2n) is 9.07. The summed E-state index contributed by atoms with van der Waals surface area (Å²) >= 11 is 6.17. The van der Waals surface area contributed by atoms with Crippen LogP contribution >= 0.6 is 11.6 Å². The Kier molecular flexibility index (Phi) is 8.19. The first-order valence-corrected chi connectivity index (χ1v) is 14.0. The molecule has 2 aromatic rings. The summed E-state index contributed by atoms with van der Waals surface area (Å²) in [6, 6.07) is 12.1. The van der Waals surface area contributed by atoms with E-state index < -0.39 is 10.0 Å². The maximum absolute atomic E-state index is 13.4. The van der Waals surface area contributed by atoms with Crippen LogP contribution in [0.2, 0.25) is 5.02 Å². The zero-order valence-corrected chi connectivity index (χ0v) is 22.3. The van der Waals surface area contributed by atoms with Gasteiger partial charge in [0.1, 0.15) is 11.9 Å². The van der Waals surface area contributed by atoms with E-state index in [9.17, 15) is 13.2 Å². The number of anilines is 2. The lowest BCUT2D eigenvalue weighted by Crippen LogP contribution is -2.55. The van der Waals surface area contributed by atoms with Crippen molar-refractivity contribution in [3.05, 3.63) is 65.2 Å². The number of nitrogens with two attached hydrogens (primary N) is 1. The summed E-state index contributed by atoms with van der Waals surface area (Å²) in [5.41, 5.74) is 8.74. The largest absolute Gasteiger partial charge is 0.383 e. The fourth-order valence-corrected chi connectivity index (χ4v) is 5.90. The number of hydrogen-bond acceptors (Lipinski definition) is 6. The van der Waals surface area contributed by atoms with Crippen molar-refractivity contribution >= 4 is 51.0 Å². The van der Waals surface area contributed by atoms with Gasteiger partial charge in [-0.25, -0.2) is 0 Å². The van der Waals surface area contributed by atoms with Crippen LogP contribution in [0.15, 0.2) is 63.9 Å². The number of nitrogens with one attached hydrogen (secondary N) is 1. The molecule has 4 rings (SSSR count). The van der Waals surface area contributed by atoms with Crippen LogP contribution in [-0.2, 0) is 21.2 Å². The molecular weight excluding hydrogens is 512 g/mol. The number of hydrogen-bond donors (Lipinski definition) is 2. The number of amidine groups is 1. The smallest absolute Gasteiger partial charge is 0.284 e. The lowest BCUT2D eigenvalue weighted by atomic mass is 10.00. The molecule has 1 fully saturated rings. The van der Waals surface area contributed by atoms with Gasteiger partial charge in [0.2, 0.25) is 5.91 Å². The minimum absolute atomic E-state index is 0.0354. The van der Waals surface area contributed by atoms with Crippen LogP contribution in [0.5, 0.6) is 0 Å². The van der Waals surface area contributed by atoms with E-state index in [0.29, 0.717) is 26.2 Å². The molecule has 0 aromatic heterocycles.